The lowest BCUT2D eigenvalue weighted by Crippen LogP contribution is -2.12. The van der Waals surface area contributed by atoms with Crippen molar-refractivity contribution in [1.29, 1.82) is 0 Å². The molecule has 0 unspecified atom stereocenters. The molecule has 2 aromatic carbocycles. The first kappa shape index (κ1) is 14.3. The van der Waals surface area contributed by atoms with E-state index < -0.39 is 0 Å². The minimum absolute atomic E-state index is 0.610. The highest BCUT2D eigenvalue weighted by Crippen LogP contribution is 2.22. The van der Waals surface area contributed by atoms with Gasteiger partial charge in [-0.2, -0.15) is 0 Å². The van der Waals surface area contributed by atoms with E-state index in [4.69, 9.17) is 0 Å². The first-order chi connectivity index (χ1) is 10.2. The van der Waals surface area contributed by atoms with Crippen molar-refractivity contribution in [3.05, 3.63) is 70.3 Å². The molecule has 2 aromatic rings. The smallest absolute Gasteiger partial charge is 0.0208 e. The van der Waals surface area contributed by atoms with Crippen molar-refractivity contribution in [2.75, 3.05) is 0 Å². The number of fused-ring (bicyclic) bond motifs is 1. The van der Waals surface area contributed by atoms with Crippen molar-refractivity contribution in [2.45, 2.75) is 52.1 Å². The molecule has 0 aliphatic heterocycles. The molecular weight excluding hydrogens is 254 g/mol. The van der Waals surface area contributed by atoms with Gasteiger partial charge < -0.3 is 5.32 Å². The Morgan fingerprint density at radius 1 is 0.857 bits per heavy atom. The van der Waals surface area contributed by atoms with Crippen LogP contribution >= 0.6 is 0 Å². The Morgan fingerprint density at radius 2 is 1.52 bits per heavy atom. The third-order valence-corrected chi connectivity index (χ3v) is 4.47. The average molecular weight is 279 g/mol. The van der Waals surface area contributed by atoms with E-state index in [0.717, 1.165) is 13.1 Å². The third-order valence-electron chi connectivity index (χ3n) is 4.47. The summed E-state index contributed by atoms with van der Waals surface area (Å²) in [5.41, 5.74) is 7.31. The van der Waals surface area contributed by atoms with Crippen LogP contribution < -0.4 is 5.32 Å². The van der Waals surface area contributed by atoms with Crippen LogP contribution in [0.3, 0.4) is 0 Å². The lowest BCUT2D eigenvalue weighted by atomic mass is 10.0. The van der Waals surface area contributed by atoms with Crippen LogP contribution in [-0.4, -0.2) is 0 Å². The van der Waals surface area contributed by atoms with E-state index in [1.807, 2.05) is 0 Å². The molecule has 0 fully saturated rings. The number of nitrogens with one attached hydrogen (secondary N) is 1. The van der Waals surface area contributed by atoms with Gasteiger partial charge in [-0.15, -0.1) is 0 Å². The Labute approximate surface area is 128 Å². The molecule has 0 saturated carbocycles. The number of benzene rings is 2. The third kappa shape index (κ3) is 3.54. The first-order valence-electron chi connectivity index (χ1n) is 8.12. The zero-order valence-corrected chi connectivity index (χ0v) is 13.2. The fourth-order valence-electron chi connectivity index (χ4n) is 3.11. The van der Waals surface area contributed by atoms with Crippen molar-refractivity contribution < 1.29 is 0 Å². The number of rotatable bonds is 5. The van der Waals surface area contributed by atoms with Gasteiger partial charge in [0.1, 0.15) is 0 Å². The van der Waals surface area contributed by atoms with Crippen molar-refractivity contribution in [2.24, 2.45) is 0 Å². The Kier molecular flexibility index (Phi) is 4.40. The Morgan fingerprint density at radius 3 is 2.29 bits per heavy atom. The van der Waals surface area contributed by atoms with E-state index in [1.54, 1.807) is 11.1 Å². The van der Waals surface area contributed by atoms with Crippen LogP contribution in [0.5, 0.6) is 0 Å². The molecule has 0 aromatic heterocycles. The highest BCUT2D eigenvalue weighted by Gasteiger charge is 2.10. The second-order valence-electron chi connectivity index (χ2n) is 6.46. The van der Waals surface area contributed by atoms with Gasteiger partial charge in [0.2, 0.25) is 0 Å². The number of hydrogen-bond acceptors (Lipinski definition) is 1. The molecular formula is C20H25N. The van der Waals surface area contributed by atoms with Crippen LogP contribution in [0, 0.1) is 0 Å². The largest absolute Gasteiger partial charge is 0.309 e. The van der Waals surface area contributed by atoms with Gasteiger partial charge in [-0.1, -0.05) is 56.3 Å². The molecule has 110 valence electrons. The Hall–Kier alpha value is -1.60. The van der Waals surface area contributed by atoms with Crippen LogP contribution in [-0.2, 0) is 25.9 Å². The second kappa shape index (κ2) is 6.44. The molecule has 1 aliphatic rings. The van der Waals surface area contributed by atoms with E-state index in [0.29, 0.717) is 5.92 Å². The van der Waals surface area contributed by atoms with Crippen LogP contribution in [0.1, 0.15) is 54.0 Å². The Bertz CT molecular complexity index is 596. The summed E-state index contributed by atoms with van der Waals surface area (Å²) in [5, 5.41) is 3.56. The second-order valence-corrected chi connectivity index (χ2v) is 6.46. The highest BCUT2D eigenvalue weighted by molar-refractivity contribution is 5.35. The minimum atomic E-state index is 0.610. The van der Waals surface area contributed by atoms with Gasteiger partial charge in [-0.05, 0) is 53.0 Å². The van der Waals surface area contributed by atoms with Gasteiger partial charge >= 0.3 is 0 Å². The molecule has 1 nitrogen and oxygen atoms in total. The lowest BCUT2D eigenvalue weighted by molar-refractivity contribution is 0.692. The predicted molar refractivity (Wildman–Crippen MR) is 89.5 cm³/mol. The summed E-state index contributed by atoms with van der Waals surface area (Å²) >= 11 is 0. The monoisotopic (exact) mass is 279 g/mol. The quantitative estimate of drug-likeness (QED) is 0.844. The zero-order valence-electron chi connectivity index (χ0n) is 13.2. The molecule has 3 rings (SSSR count). The maximum Gasteiger partial charge on any atom is 0.0208 e. The van der Waals surface area contributed by atoms with Gasteiger partial charge in [0.05, 0.1) is 0 Å². The van der Waals surface area contributed by atoms with Crippen LogP contribution in [0.15, 0.2) is 42.5 Å². The predicted octanol–water partition coefficient (Wildman–Crippen LogP) is 4.59. The van der Waals surface area contributed by atoms with E-state index in [2.05, 4.69) is 61.6 Å². The molecule has 0 heterocycles. The molecule has 1 heteroatoms. The van der Waals surface area contributed by atoms with Gasteiger partial charge in [0.25, 0.3) is 0 Å². The fourth-order valence-corrected chi connectivity index (χ4v) is 3.11. The van der Waals surface area contributed by atoms with Crippen molar-refractivity contribution in [3.63, 3.8) is 0 Å². The molecule has 0 spiro atoms. The van der Waals surface area contributed by atoms with Gasteiger partial charge in [0.15, 0.2) is 0 Å². The minimum Gasteiger partial charge on any atom is -0.309 e. The molecule has 1 N–H and O–H groups in total. The summed E-state index contributed by atoms with van der Waals surface area (Å²) in [6, 6.07) is 16.0. The molecule has 0 radical (unpaired) electrons. The normalized spacial score (nSPS) is 13.7. The van der Waals surface area contributed by atoms with E-state index in [-0.39, 0.29) is 0 Å². The molecule has 0 atom stereocenters. The standard InChI is InChI=1S/C20H25N/c1-15(2)18-9-6-16(7-10-18)13-21-14-17-8-11-19-4-3-5-20(19)12-17/h6-12,15,21H,3-5,13-14H2,1-2H3. The number of aryl methyl sites for hydroxylation is 2. The van der Waals surface area contributed by atoms with E-state index >= 15 is 0 Å². The van der Waals surface area contributed by atoms with Crippen LogP contribution in [0.4, 0.5) is 0 Å². The molecule has 21 heavy (non-hydrogen) atoms. The Balaban J connectivity index is 1.54. The highest BCUT2D eigenvalue weighted by atomic mass is 14.8. The van der Waals surface area contributed by atoms with Crippen LogP contribution in [0.2, 0.25) is 0 Å². The van der Waals surface area contributed by atoms with Crippen molar-refractivity contribution in [1.82, 2.24) is 5.32 Å². The average Bonchev–Trinajstić information content (AvgIpc) is 2.95. The van der Waals surface area contributed by atoms with Gasteiger partial charge in [0, 0.05) is 13.1 Å². The van der Waals surface area contributed by atoms with E-state index in [1.165, 1.54) is 36.0 Å². The number of hydrogen-bond donors (Lipinski definition) is 1. The van der Waals surface area contributed by atoms with Crippen LogP contribution in [0.25, 0.3) is 0 Å². The molecule has 0 bridgehead atoms. The summed E-state index contributed by atoms with van der Waals surface area (Å²) in [4.78, 5) is 0. The summed E-state index contributed by atoms with van der Waals surface area (Å²) in [6.07, 6.45) is 3.86. The summed E-state index contributed by atoms with van der Waals surface area (Å²) in [6.45, 7) is 6.37. The van der Waals surface area contributed by atoms with E-state index in [9.17, 15) is 0 Å². The SMILES string of the molecule is CC(C)c1ccc(CNCc2ccc3c(c2)CCC3)cc1. The maximum absolute atomic E-state index is 3.56. The summed E-state index contributed by atoms with van der Waals surface area (Å²) < 4.78 is 0. The van der Waals surface area contributed by atoms with Gasteiger partial charge in [-0.3, -0.25) is 0 Å². The maximum atomic E-state index is 3.56. The van der Waals surface area contributed by atoms with Gasteiger partial charge in [-0.25, -0.2) is 0 Å². The fraction of sp³-hybridized carbons (Fsp3) is 0.400. The molecule has 1 aliphatic carbocycles. The summed E-state index contributed by atoms with van der Waals surface area (Å²) in [5.74, 6) is 0.610. The molecule has 0 saturated heterocycles. The topological polar surface area (TPSA) is 12.0 Å². The first-order valence-corrected chi connectivity index (χ1v) is 8.12. The van der Waals surface area contributed by atoms with Crippen molar-refractivity contribution in [3.8, 4) is 0 Å². The molecule has 0 amide bonds. The van der Waals surface area contributed by atoms with Crippen molar-refractivity contribution >= 4 is 0 Å². The lowest BCUT2D eigenvalue weighted by Gasteiger charge is -2.09. The zero-order chi connectivity index (χ0) is 14.7. The summed E-state index contributed by atoms with van der Waals surface area (Å²) in [7, 11) is 0.